The Bertz CT molecular complexity index is 760. The summed E-state index contributed by atoms with van der Waals surface area (Å²) in [5, 5.41) is 19.1. The molecule has 8 nitrogen and oxygen atoms in total. The van der Waals surface area contributed by atoms with E-state index in [1.165, 1.54) is 22.5 Å². The highest BCUT2D eigenvalue weighted by Crippen LogP contribution is 2.48. The Labute approximate surface area is 137 Å². The highest BCUT2D eigenvalue weighted by Gasteiger charge is 2.63. The monoisotopic (exact) mass is 340 g/mol. The van der Waals surface area contributed by atoms with Gasteiger partial charge >= 0.3 is 5.69 Å². The second-order valence-corrected chi connectivity index (χ2v) is 6.77. The van der Waals surface area contributed by atoms with E-state index in [-0.39, 0.29) is 0 Å². The number of H-pyrrole nitrogens is 1. The molecule has 0 saturated carbocycles. The normalized spacial score (nSPS) is 32.5. The maximum Gasteiger partial charge on any atom is 0.330 e. The number of morpholine rings is 1. The number of thioether (sulfide) groups is 1. The first kappa shape index (κ1) is 16.3. The molecule has 3 N–H and O–H groups in total. The fourth-order valence-corrected chi connectivity index (χ4v) is 3.84. The van der Waals surface area contributed by atoms with Crippen molar-refractivity contribution in [2.75, 3.05) is 12.8 Å². The zero-order valence-corrected chi connectivity index (χ0v) is 14.0. The van der Waals surface area contributed by atoms with Gasteiger partial charge < -0.3 is 14.7 Å². The molecule has 2 aliphatic rings. The molecule has 126 valence electrons. The van der Waals surface area contributed by atoms with Crippen LogP contribution in [0.5, 0.6) is 0 Å². The molecule has 3 heterocycles. The average Bonchev–Trinajstić information content (AvgIpc) is 2.98. The van der Waals surface area contributed by atoms with E-state index in [0.29, 0.717) is 23.7 Å². The molecular formula is C14H20N4O4S. The van der Waals surface area contributed by atoms with Crippen LogP contribution in [0.4, 0.5) is 0 Å². The van der Waals surface area contributed by atoms with E-state index in [2.05, 4.69) is 4.98 Å². The lowest BCUT2D eigenvalue weighted by Gasteiger charge is -2.37. The highest BCUT2D eigenvalue weighted by molar-refractivity contribution is 8.13. The molecule has 3 rings (SSSR count). The maximum absolute atomic E-state index is 12.2. The van der Waals surface area contributed by atoms with Crippen LogP contribution < -0.4 is 11.2 Å². The first-order valence-electron chi connectivity index (χ1n) is 7.41. The Morgan fingerprint density at radius 1 is 1.61 bits per heavy atom. The van der Waals surface area contributed by atoms with Crippen LogP contribution in [0.15, 0.2) is 15.8 Å². The third-order valence-electron chi connectivity index (χ3n) is 4.78. The molecule has 2 fully saturated rings. The largest absolute Gasteiger partial charge is 0.388 e. The van der Waals surface area contributed by atoms with Crippen molar-refractivity contribution in [3.8, 4) is 0 Å². The smallest absolute Gasteiger partial charge is 0.330 e. The second-order valence-electron chi connectivity index (χ2n) is 5.98. The summed E-state index contributed by atoms with van der Waals surface area (Å²) in [4.78, 5) is 27.8. The lowest BCUT2D eigenvalue weighted by molar-refractivity contribution is -0.127. The van der Waals surface area contributed by atoms with Crippen LogP contribution in [-0.2, 0) is 4.74 Å². The Morgan fingerprint density at radius 2 is 2.30 bits per heavy atom. The number of aromatic nitrogens is 2. The summed E-state index contributed by atoms with van der Waals surface area (Å²) in [5.74, 6) is 0. The number of rotatable bonds is 2. The summed E-state index contributed by atoms with van der Waals surface area (Å²) < 4.78 is 7.35. The van der Waals surface area contributed by atoms with E-state index in [0.717, 1.165) is 0 Å². The van der Waals surface area contributed by atoms with Gasteiger partial charge in [0.25, 0.3) is 5.56 Å². The Hall–Kier alpha value is -1.58. The topological polar surface area (TPSA) is 111 Å². The van der Waals surface area contributed by atoms with Gasteiger partial charge in [-0.15, -0.1) is 0 Å². The van der Waals surface area contributed by atoms with E-state index < -0.39 is 35.2 Å². The molecule has 2 aliphatic heterocycles. The standard InChI is InChI=1S/C14H20N4O4S/c1-4-14-6-18(12(15)23-3)8(9(14)19)11(22-14)17-5-7(2)10(20)16-13(17)21/h5,8-9,11,15,19H,4,6H2,1-3H3,(H,16,20,21)/t8-,9+,11-,14+/m1/s1. The molecule has 0 unspecified atom stereocenters. The van der Waals surface area contributed by atoms with Gasteiger partial charge in [-0.05, 0) is 19.6 Å². The second kappa shape index (κ2) is 5.50. The van der Waals surface area contributed by atoms with Gasteiger partial charge in [-0.2, -0.15) is 0 Å². The number of amidine groups is 1. The molecule has 1 aromatic heterocycles. The number of aliphatic hydroxyl groups is 1. The number of nitrogens with one attached hydrogen (secondary N) is 2. The predicted molar refractivity (Wildman–Crippen MR) is 86.9 cm³/mol. The quantitative estimate of drug-likeness (QED) is 0.511. The van der Waals surface area contributed by atoms with Gasteiger partial charge in [-0.1, -0.05) is 18.7 Å². The molecule has 9 heteroatoms. The molecule has 4 atom stereocenters. The van der Waals surface area contributed by atoms with Crippen LogP contribution in [-0.4, -0.2) is 55.3 Å². The zero-order chi connectivity index (χ0) is 16.9. The van der Waals surface area contributed by atoms with Crippen molar-refractivity contribution in [2.24, 2.45) is 0 Å². The van der Waals surface area contributed by atoms with E-state index in [9.17, 15) is 14.7 Å². The summed E-state index contributed by atoms with van der Waals surface area (Å²) in [5.41, 5.74) is -1.43. The number of aryl methyl sites for hydroxylation is 1. The van der Waals surface area contributed by atoms with Gasteiger partial charge in [-0.3, -0.25) is 19.8 Å². The summed E-state index contributed by atoms with van der Waals surface area (Å²) in [7, 11) is 0. The molecule has 0 radical (unpaired) electrons. The van der Waals surface area contributed by atoms with Gasteiger partial charge in [0.15, 0.2) is 11.4 Å². The summed E-state index contributed by atoms with van der Waals surface area (Å²) in [6, 6.07) is -0.530. The molecular weight excluding hydrogens is 320 g/mol. The summed E-state index contributed by atoms with van der Waals surface area (Å²) >= 11 is 1.28. The number of nitrogens with zero attached hydrogens (tertiary/aromatic N) is 2. The van der Waals surface area contributed by atoms with E-state index in [4.69, 9.17) is 10.1 Å². The fourth-order valence-electron chi connectivity index (χ4n) is 3.42. The van der Waals surface area contributed by atoms with Crippen molar-refractivity contribution in [3.05, 3.63) is 32.6 Å². The maximum atomic E-state index is 12.2. The minimum Gasteiger partial charge on any atom is -0.388 e. The van der Waals surface area contributed by atoms with Crippen molar-refractivity contribution in [1.82, 2.24) is 14.5 Å². The van der Waals surface area contributed by atoms with Crippen LogP contribution in [0, 0.1) is 12.3 Å². The zero-order valence-electron chi connectivity index (χ0n) is 13.2. The first-order valence-corrected chi connectivity index (χ1v) is 8.64. The van der Waals surface area contributed by atoms with Crippen LogP contribution in [0.2, 0.25) is 0 Å². The van der Waals surface area contributed by atoms with E-state index in [1.54, 1.807) is 18.1 Å². The Balaban J connectivity index is 2.08. The molecule has 2 saturated heterocycles. The molecule has 1 aromatic rings. The predicted octanol–water partition coefficient (Wildman–Crippen LogP) is -0.135. The first-order chi connectivity index (χ1) is 10.8. The van der Waals surface area contributed by atoms with Crippen molar-refractivity contribution >= 4 is 16.9 Å². The number of hydrogen-bond donors (Lipinski definition) is 3. The van der Waals surface area contributed by atoms with Gasteiger partial charge in [0.2, 0.25) is 0 Å². The summed E-state index contributed by atoms with van der Waals surface area (Å²) in [6.45, 7) is 3.94. The van der Waals surface area contributed by atoms with Crippen LogP contribution in [0.25, 0.3) is 0 Å². The van der Waals surface area contributed by atoms with Crippen molar-refractivity contribution in [3.63, 3.8) is 0 Å². The lowest BCUT2D eigenvalue weighted by atomic mass is 9.96. The van der Waals surface area contributed by atoms with Gasteiger partial charge in [-0.25, -0.2) is 4.79 Å². The molecule has 23 heavy (non-hydrogen) atoms. The summed E-state index contributed by atoms with van der Waals surface area (Å²) in [6.07, 6.45) is 2.27. The third-order valence-corrected chi connectivity index (χ3v) is 5.40. The molecule has 0 aliphatic carbocycles. The Kier molecular flexibility index (Phi) is 3.89. The molecule has 0 amide bonds. The van der Waals surface area contributed by atoms with E-state index in [1.807, 2.05) is 6.92 Å². The third kappa shape index (κ3) is 2.26. The number of likely N-dealkylation sites (tertiary alicyclic amines) is 1. The Morgan fingerprint density at radius 3 is 2.87 bits per heavy atom. The number of aliphatic hydroxyl groups excluding tert-OH is 1. The fraction of sp³-hybridized carbons (Fsp3) is 0.643. The number of aromatic amines is 1. The minimum absolute atomic E-state index is 0.326. The number of fused-ring (bicyclic) bond motifs is 2. The molecule has 0 spiro atoms. The van der Waals surface area contributed by atoms with Gasteiger partial charge in [0.05, 0.1) is 6.54 Å². The highest BCUT2D eigenvalue weighted by atomic mass is 32.2. The van der Waals surface area contributed by atoms with Crippen molar-refractivity contribution < 1.29 is 9.84 Å². The number of hydrogen-bond acceptors (Lipinski definition) is 6. The van der Waals surface area contributed by atoms with Gasteiger partial charge in [0, 0.05) is 11.8 Å². The molecule has 0 aromatic carbocycles. The number of ether oxygens (including phenoxy) is 1. The lowest BCUT2D eigenvalue weighted by Crippen LogP contribution is -2.49. The SMILES string of the molecule is CC[C@@]12CN(C(=N)SC)[C@@H]([C@H](n3cc(C)c(=O)[nH]c3=O)O1)[C@@H]2O. The van der Waals surface area contributed by atoms with Gasteiger partial charge in [0.1, 0.15) is 17.7 Å². The average molecular weight is 340 g/mol. The van der Waals surface area contributed by atoms with Crippen molar-refractivity contribution in [1.29, 1.82) is 5.41 Å². The van der Waals surface area contributed by atoms with Crippen LogP contribution in [0.1, 0.15) is 25.1 Å². The van der Waals surface area contributed by atoms with Crippen LogP contribution in [0.3, 0.4) is 0 Å². The minimum atomic E-state index is -0.805. The van der Waals surface area contributed by atoms with Crippen molar-refractivity contribution in [2.45, 2.75) is 44.2 Å². The van der Waals surface area contributed by atoms with Crippen LogP contribution >= 0.6 is 11.8 Å². The molecule has 2 bridgehead atoms. The van der Waals surface area contributed by atoms with E-state index >= 15 is 0 Å².